The predicted molar refractivity (Wildman–Crippen MR) is 266 cm³/mol. The van der Waals surface area contributed by atoms with E-state index in [1.165, 1.54) is 15.9 Å². The normalized spacial score (nSPS) is 18.7. The molecule has 0 unspecified atom stereocenters. The van der Waals surface area contributed by atoms with Gasteiger partial charge in [0.2, 0.25) is 35.4 Å². The average Bonchev–Trinajstić information content (AvgIpc) is 4.05. The van der Waals surface area contributed by atoms with Gasteiger partial charge in [0.1, 0.15) is 24.7 Å². The van der Waals surface area contributed by atoms with Gasteiger partial charge in [-0.2, -0.15) is 0 Å². The molecule has 5 rings (SSSR count). The number of aryl methyl sites for hydroxylation is 2. The molecule has 1 aromatic heterocycles. The number of ether oxygens (including phenoxy) is 1. The van der Waals surface area contributed by atoms with Crippen molar-refractivity contribution in [1.29, 1.82) is 0 Å². The molecule has 8 N–H and O–H groups in total. The molecule has 0 spiro atoms. The molecule has 7 atom stereocenters. The molecule has 0 radical (unpaired) electrons. The van der Waals surface area contributed by atoms with E-state index in [0.717, 1.165) is 21.7 Å². The molecule has 19 heteroatoms. The van der Waals surface area contributed by atoms with Gasteiger partial charge in [0.25, 0.3) is 0 Å². The van der Waals surface area contributed by atoms with Gasteiger partial charge < -0.3 is 47.1 Å². The quantitative estimate of drug-likeness (QED) is 0.0715. The molecule has 2 aliphatic heterocycles. The molecule has 69 heavy (non-hydrogen) atoms. The van der Waals surface area contributed by atoms with Gasteiger partial charge in [-0.05, 0) is 92.9 Å². The molecule has 3 aromatic rings. The minimum atomic E-state index is -0.994. The van der Waals surface area contributed by atoms with Crippen molar-refractivity contribution in [3.63, 3.8) is 0 Å². The topological polar surface area (TPSA) is 239 Å². The Hall–Kier alpha value is -5.17. The van der Waals surface area contributed by atoms with Crippen molar-refractivity contribution in [3.8, 4) is 16.2 Å². The number of nitrogens with zero attached hydrogens (tertiary/aromatic N) is 3. The van der Waals surface area contributed by atoms with Gasteiger partial charge in [-0.1, -0.05) is 71.0 Å². The van der Waals surface area contributed by atoms with Gasteiger partial charge in [-0.3, -0.25) is 28.8 Å². The fourth-order valence-electron chi connectivity index (χ4n) is 8.84. The maximum absolute atomic E-state index is 15.8. The number of thiazole rings is 1. The number of halogens is 2. The Morgan fingerprint density at radius 3 is 2.28 bits per heavy atom. The van der Waals surface area contributed by atoms with Crippen LogP contribution >= 0.6 is 23.7 Å². The van der Waals surface area contributed by atoms with Gasteiger partial charge in [-0.15, -0.1) is 23.7 Å². The van der Waals surface area contributed by atoms with Crippen molar-refractivity contribution >= 4 is 59.2 Å². The van der Waals surface area contributed by atoms with Crippen molar-refractivity contribution in [3.05, 3.63) is 70.6 Å². The van der Waals surface area contributed by atoms with Gasteiger partial charge >= 0.3 is 0 Å². The van der Waals surface area contributed by atoms with Crippen LogP contribution in [0.25, 0.3) is 10.4 Å². The minimum Gasteiger partial charge on any atom is -0.488 e. The highest BCUT2D eigenvalue weighted by molar-refractivity contribution is 7.13. The summed E-state index contributed by atoms with van der Waals surface area (Å²) in [7, 11) is 0. The first-order valence-electron chi connectivity index (χ1n) is 23.8. The van der Waals surface area contributed by atoms with E-state index in [0.29, 0.717) is 44.2 Å². The summed E-state index contributed by atoms with van der Waals surface area (Å²) < 4.78 is 21.7. The lowest BCUT2D eigenvalue weighted by molar-refractivity contribution is -0.144. The zero-order chi connectivity index (χ0) is 49.9. The molecular formula is C50H72ClFN8O8S. The lowest BCUT2D eigenvalue weighted by Gasteiger charge is -2.35. The number of aliphatic hydroxyl groups excluding tert-OH is 1. The van der Waals surface area contributed by atoms with E-state index in [2.05, 4.69) is 20.9 Å². The zero-order valence-electron chi connectivity index (χ0n) is 40.9. The summed E-state index contributed by atoms with van der Waals surface area (Å²) in [6.07, 6.45) is 1.96. The number of likely N-dealkylation sites (tertiary alicyclic amines) is 2. The SMILES string of the molecule is Cc1ncsc1-c1ccc([C@H](C)NC(=O)[C@@H]2C[C@@H](O)CN2C(=O)[C@@H](NC(=O)CCCCc2cccc(OC[C@H](CCC(N)=O)NC(=O)[C@@H]3CCCN3C(=O)[C@@H](N)CC(C)C)c2F)C(C)(C)C)cc1.Cl. The number of aliphatic hydroxyl groups is 1. The molecule has 2 aliphatic rings. The summed E-state index contributed by atoms with van der Waals surface area (Å²) >= 11 is 1.56. The highest BCUT2D eigenvalue weighted by Gasteiger charge is 2.45. The van der Waals surface area contributed by atoms with Gasteiger partial charge in [-0.25, -0.2) is 9.37 Å². The molecule has 2 aromatic carbocycles. The highest BCUT2D eigenvalue weighted by atomic mass is 35.5. The first-order valence-corrected chi connectivity index (χ1v) is 24.7. The second kappa shape index (κ2) is 25.6. The smallest absolute Gasteiger partial charge is 0.246 e. The summed E-state index contributed by atoms with van der Waals surface area (Å²) in [5.41, 5.74) is 15.8. The number of primary amides is 1. The number of carbonyl (C=O) groups is 6. The molecule has 2 saturated heterocycles. The zero-order valence-corrected chi connectivity index (χ0v) is 42.6. The van der Waals surface area contributed by atoms with Gasteiger partial charge in [0.05, 0.1) is 40.3 Å². The van der Waals surface area contributed by atoms with Crippen molar-refractivity contribution < 1.29 is 43.0 Å². The van der Waals surface area contributed by atoms with Crippen LogP contribution in [-0.4, -0.2) is 111 Å². The molecule has 0 bridgehead atoms. The number of nitrogens with two attached hydrogens (primary N) is 2. The first-order chi connectivity index (χ1) is 32.1. The molecule has 3 heterocycles. The second-order valence-corrected chi connectivity index (χ2v) is 20.6. The van der Waals surface area contributed by atoms with Crippen molar-refractivity contribution in [2.75, 3.05) is 19.7 Å². The lowest BCUT2D eigenvalue weighted by atomic mass is 9.85. The maximum atomic E-state index is 15.8. The van der Waals surface area contributed by atoms with E-state index >= 15 is 4.39 Å². The van der Waals surface area contributed by atoms with Crippen LogP contribution in [0.1, 0.15) is 122 Å². The van der Waals surface area contributed by atoms with E-state index in [4.69, 9.17) is 16.2 Å². The van der Waals surface area contributed by atoms with Crippen LogP contribution < -0.4 is 32.2 Å². The minimum absolute atomic E-state index is 0. The predicted octanol–water partition coefficient (Wildman–Crippen LogP) is 5.26. The van der Waals surface area contributed by atoms with Crippen LogP contribution in [0.3, 0.4) is 0 Å². The third-order valence-electron chi connectivity index (χ3n) is 12.6. The van der Waals surface area contributed by atoms with Crippen molar-refractivity contribution in [1.82, 2.24) is 30.7 Å². The van der Waals surface area contributed by atoms with Crippen LogP contribution in [0, 0.1) is 24.1 Å². The van der Waals surface area contributed by atoms with E-state index in [1.807, 2.05) is 72.7 Å². The number of amides is 6. The number of benzene rings is 2. The molecule has 0 saturated carbocycles. The molecule has 0 aliphatic carbocycles. The van der Waals surface area contributed by atoms with E-state index < -0.39 is 71.2 Å². The Morgan fingerprint density at radius 1 is 0.942 bits per heavy atom. The number of hydrogen-bond acceptors (Lipinski definition) is 11. The van der Waals surface area contributed by atoms with Crippen LogP contribution in [-0.2, 0) is 35.2 Å². The first kappa shape index (κ1) is 56.4. The summed E-state index contributed by atoms with van der Waals surface area (Å²) in [5.74, 6) is -2.95. The Bertz CT molecular complexity index is 2240. The van der Waals surface area contributed by atoms with Crippen molar-refractivity contribution in [2.24, 2.45) is 22.8 Å². The van der Waals surface area contributed by atoms with Crippen LogP contribution in [0.4, 0.5) is 4.39 Å². The van der Waals surface area contributed by atoms with Crippen LogP contribution in [0.2, 0.25) is 0 Å². The second-order valence-electron chi connectivity index (χ2n) is 19.8. The Kier molecular flexibility index (Phi) is 20.9. The molecule has 2 fully saturated rings. The fourth-order valence-corrected chi connectivity index (χ4v) is 9.65. The highest BCUT2D eigenvalue weighted by Crippen LogP contribution is 2.30. The summed E-state index contributed by atoms with van der Waals surface area (Å²) in [5, 5.41) is 19.5. The van der Waals surface area contributed by atoms with Crippen LogP contribution in [0.15, 0.2) is 48.0 Å². The number of rotatable bonds is 22. The Balaban J connectivity index is 0.0000104. The lowest BCUT2D eigenvalue weighted by Crippen LogP contribution is -2.57. The fraction of sp³-hybridized carbons (Fsp3) is 0.580. The molecular weight excluding hydrogens is 927 g/mol. The maximum Gasteiger partial charge on any atom is 0.246 e. The number of hydrogen-bond donors (Lipinski definition) is 6. The third-order valence-corrected chi connectivity index (χ3v) is 13.6. The van der Waals surface area contributed by atoms with E-state index in [-0.39, 0.29) is 87.2 Å². The molecule has 380 valence electrons. The standard InChI is InChI=1S/C50H71FN8O8S.ClH/c1-29(2)24-37(52)48(65)58-23-11-14-38(58)46(63)56-35(21-22-41(53)61)27-67-40-15-10-13-33(43(40)51)12-8-9-16-42(62)57-45(50(5,6)7)49(66)59-26-36(60)25-39(59)47(64)55-30(3)32-17-19-34(20-18-32)44-31(4)54-28-68-44;/h10,13,15,17-20,28-30,35-39,45,60H,8-9,11-12,14,16,21-27,52H2,1-7H3,(H2,53,61)(H,55,64)(H,56,63)(H,57,62);1H/t30-,35-,36+,37-,38-,39-,45+;/m0./s1. The number of carbonyl (C=O) groups excluding carboxylic acids is 6. The van der Waals surface area contributed by atoms with Crippen molar-refractivity contribution in [2.45, 2.75) is 155 Å². The average molecular weight is 1000 g/mol. The van der Waals surface area contributed by atoms with E-state index in [9.17, 15) is 33.9 Å². The largest absolute Gasteiger partial charge is 0.488 e. The summed E-state index contributed by atoms with van der Waals surface area (Å²) in [4.78, 5) is 87.8. The number of nitrogens with one attached hydrogen (secondary N) is 3. The Labute approximate surface area is 415 Å². The molecule has 6 amide bonds. The third kappa shape index (κ3) is 15.7. The van der Waals surface area contributed by atoms with Crippen LogP contribution in [0.5, 0.6) is 5.75 Å². The summed E-state index contributed by atoms with van der Waals surface area (Å²) in [6, 6.07) is 8.12. The number of aromatic nitrogens is 1. The van der Waals surface area contributed by atoms with Gasteiger partial charge in [0, 0.05) is 32.4 Å². The molecule has 16 nitrogen and oxygen atoms in total. The number of unbranched alkanes of at least 4 members (excludes halogenated alkanes) is 1. The van der Waals surface area contributed by atoms with Gasteiger partial charge in [0.15, 0.2) is 11.6 Å². The summed E-state index contributed by atoms with van der Waals surface area (Å²) in [6.45, 7) is 13.4. The monoisotopic (exact) mass is 998 g/mol. The number of β-amino-alcohol motifs (C(OH)–C–C–N with tert-alkyl or cyclic N) is 1. The Morgan fingerprint density at radius 2 is 1.64 bits per heavy atom. The van der Waals surface area contributed by atoms with E-state index in [1.54, 1.807) is 29.0 Å².